The molecule has 1 saturated heterocycles. The average molecular weight is 243 g/mol. The Balaban J connectivity index is 2.10. The van der Waals surface area contributed by atoms with Gasteiger partial charge in [-0.3, -0.25) is 9.48 Å². The van der Waals surface area contributed by atoms with Crippen molar-refractivity contribution >= 4 is 11.6 Å². The molecule has 92 valence electrons. The summed E-state index contributed by atoms with van der Waals surface area (Å²) in [6, 6.07) is 7.65. The third kappa shape index (κ3) is 1.64. The molecule has 1 amide bonds. The minimum Gasteiger partial charge on any atom is -0.496 e. The largest absolute Gasteiger partial charge is 0.496 e. The van der Waals surface area contributed by atoms with E-state index in [1.807, 2.05) is 31.3 Å². The maximum absolute atomic E-state index is 11.2. The molecule has 0 atom stereocenters. The van der Waals surface area contributed by atoms with Gasteiger partial charge in [0.15, 0.2) is 0 Å². The number of benzene rings is 1. The fourth-order valence-electron chi connectivity index (χ4n) is 2.04. The fraction of sp³-hybridized carbons (Fsp3) is 0.231. The third-order valence-electron chi connectivity index (χ3n) is 3.08. The van der Waals surface area contributed by atoms with E-state index in [-0.39, 0.29) is 5.91 Å². The maximum Gasteiger partial charge on any atom is 0.247 e. The Bertz CT molecular complexity index is 618. The zero-order chi connectivity index (χ0) is 12.7. The smallest absolute Gasteiger partial charge is 0.247 e. The quantitative estimate of drug-likeness (QED) is 0.766. The highest BCUT2D eigenvalue weighted by Gasteiger charge is 2.32. The number of carbonyl (C=O) groups excluding carboxylic acids is 1. The lowest BCUT2D eigenvalue weighted by atomic mass is 10.1. The van der Waals surface area contributed by atoms with Gasteiger partial charge in [0.05, 0.1) is 12.8 Å². The van der Waals surface area contributed by atoms with E-state index in [9.17, 15) is 4.79 Å². The number of carbonyl (C=O) groups is 1. The molecule has 1 aromatic heterocycles. The fourth-order valence-corrected chi connectivity index (χ4v) is 2.04. The van der Waals surface area contributed by atoms with Gasteiger partial charge >= 0.3 is 0 Å². The van der Waals surface area contributed by atoms with Gasteiger partial charge in [0.1, 0.15) is 12.3 Å². The predicted molar refractivity (Wildman–Crippen MR) is 67.5 cm³/mol. The first-order valence-electron chi connectivity index (χ1n) is 5.67. The molecule has 2 heterocycles. The molecule has 0 N–H and O–H groups in total. The third-order valence-corrected chi connectivity index (χ3v) is 3.08. The summed E-state index contributed by atoms with van der Waals surface area (Å²) in [6.45, 7) is 0.497. The average Bonchev–Trinajstić information content (AvgIpc) is 2.95. The molecule has 5 nitrogen and oxygen atoms in total. The van der Waals surface area contributed by atoms with Gasteiger partial charge in [-0.15, -0.1) is 0 Å². The van der Waals surface area contributed by atoms with E-state index in [1.165, 1.54) is 0 Å². The SMILES string of the molecule is COc1ccc(N2CC2=O)cc1-c1ccnn1C. The van der Waals surface area contributed by atoms with E-state index >= 15 is 0 Å². The Labute approximate surface area is 105 Å². The summed E-state index contributed by atoms with van der Waals surface area (Å²) in [5, 5.41) is 4.15. The Morgan fingerprint density at radius 1 is 1.33 bits per heavy atom. The van der Waals surface area contributed by atoms with Gasteiger partial charge in [0, 0.05) is 24.5 Å². The Morgan fingerprint density at radius 2 is 2.11 bits per heavy atom. The lowest BCUT2D eigenvalue weighted by Crippen LogP contribution is -1.98. The van der Waals surface area contributed by atoms with Crippen molar-refractivity contribution in [2.24, 2.45) is 7.05 Å². The first-order valence-corrected chi connectivity index (χ1v) is 5.67. The summed E-state index contributed by atoms with van der Waals surface area (Å²) in [6.07, 6.45) is 1.74. The van der Waals surface area contributed by atoms with E-state index < -0.39 is 0 Å². The van der Waals surface area contributed by atoms with Crippen molar-refractivity contribution in [2.45, 2.75) is 0 Å². The molecular weight excluding hydrogens is 230 g/mol. The van der Waals surface area contributed by atoms with Crippen LogP contribution in [0.15, 0.2) is 30.5 Å². The molecule has 0 bridgehead atoms. The van der Waals surface area contributed by atoms with Gasteiger partial charge < -0.3 is 9.64 Å². The second-order valence-electron chi connectivity index (χ2n) is 4.20. The minimum atomic E-state index is 0.149. The summed E-state index contributed by atoms with van der Waals surface area (Å²) in [5.41, 5.74) is 2.80. The molecule has 0 saturated carbocycles. The molecule has 1 aliphatic rings. The van der Waals surface area contributed by atoms with Crippen LogP contribution in [0.2, 0.25) is 0 Å². The summed E-state index contributed by atoms with van der Waals surface area (Å²) in [4.78, 5) is 12.9. The number of ether oxygens (including phenoxy) is 1. The Kier molecular flexibility index (Phi) is 2.33. The van der Waals surface area contributed by atoms with Crippen LogP contribution in [-0.4, -0.2) is 29.3 Å². The highest BCUT2D eigenvalue weighted by Crippen LogP contribution is 2.35. The molecule has 5 heteroatoms. The van der Waals surface area contributed by atoms with Gasteiger partial charge in [-0.05, 0) is 24.3 Å². The molecule has 18 heavy (non-hydrogen) atoms. The summed E-state index contributed by atoms with van der Waals surface area (Å²) < 4.78 is 7.14. The predicted octanol–water partition coefficient (Wildman–Crippen LogP) is 1.44. The van der Waals surface area contributed by atoms with Gasteiger partial charge in [0.25, 0.3) is 0 Å². The molecule has 2 aromatic rings. The van der Waals surface area contributed by atoms with E-state index in [0.717, 1.165) is 22.7 Å². The van der Waals surface area contributed by atoms with Crippen LogP contribution in [-0.2, 0) is 11.8 Å². The zero-order valence-corrected chi connectivity index (χ0v) is 10.3. The summed E-state index contributed by atoms with van der Waals surface area (Å²) in [7, 11) is 3.52. The van der Waals surface area contributed by atoms with Crippen molar-refractivity contribution in [1.29, 1.82) is 0 Å². The van der Waals surface area contributed by atoms with Gasteiger partial charge in [-0.25, -0.2) is 0 Å². The molecule has 0 aliphatic carbocycles. The van der Waals surface area contributed by atoms with Crippen molar-refractivity contribution < 1.29 is 9.53 Å². The Hall–Kier alpha value is -2.30. The van der Waals surface area contributed by atoms with Crippen LogP contribution in [0.3, 0.4) is 0 Å². The minimum absolute atomic E-state index is 0.149. The molecule has 0 spiro atoms. The Morgan fingerprint density at radius 3 is 2.67 bits per heavy atom. The van der Waals surface area contributed by atoms with E-state index in [1.54, 1.807) is 22.9 Å². The maximum atomic E-state index is 11.2. The molecule has 0 unspecified atom stereocenters. The van der Waals surface area contributed by atoms with Crippen LogP contribution in [0.4, 0.5) is 5.69 Å². The molecule has 1 fully saturated rings. The van der Waals surface area contributed by atoms with Crippen molar-refractivity contribution in [1.82, 2.24) is 9.78 Å². The number of methoxy groups -OCH3 is 1. The van der Waals surface area contributed by atoms with Gasteiger partial charge in [0.2, 0.25) is 5.91 Å². The number of anilines is 1. The van der Waals surface area contributed by atoms with Gasteiger partial charge in [-0.1, -0.05) is 0 Å². The number of hydrogen-bond donors (Lipinski definition) is 0. The van der Waals surface area contributed by atoms with Crippen LogP contribution < -0.4 is 9.64 Å². The number of aryl methyl sites for hydroxylation is 1. The topological polar surface area (TPSA) is 47.1 Å². The van der Waals surface area contributed by atoms with E-state index in [2.05, 4.69) is 5.10 Å². The molecule has 0 radical (unpaired) electrons. The van der Waals surface area contributed by atoms with Crippen LogP contribution in [0.1, 0.15) is 0 Å². The number of aromatic nitrogens is 2. The summed E-state index contributed by atoms with van der Waals surface area (Å²) >= 11 is 0. The van der Waals surface area contributed by atoms with Crippen molar-refractivity contribution in [3.63, 3.8) is 0 Å². The highest BCUT2D eigenvalue weighted by molar-refractivity contribution is 6.12. The lowest BCUT2D eigenvalue weighted by molar-refractivity contribution is -0.109. The van der Waals surface area contributed by atoms with Crippen LogP contribution in [0, 0.1) is 0 Å². The normalized spacial score (nSPS) is 13.9. The highest BCUT2D eigenvalue weighted by atomic mass is 16.5. The second-order valence-corrected chi connectivity index (χ2v) is 4.20. The summed E-state index contributed by atoms with van der Waals surface area (Å²) in [5.74, 6) is 0.924. The first kappa shape index (κ1) is 10.8. The standard InChI is InChI=1S/C13H13N3O2/c1-15-11(5-6-14-15)10-7-9(16-8-13(16)17)3-4-12(10)18-2/h3-7H,8H2,1-2H3. The number of rotatable bonds is 3. The number of amides is 1. The number of hydrogen-bond acceptors (Lipinski definition) is 3. The van der Waals surface area contributed by atoms with Crippen LogP contribution in [0.5, 0.6) is 5.75 Å². The monoisotopic (exact) mass is 243 g/mol. The van der Waals surface area contributed by atoms with E-state index in [4.69, 9.17) is 4.74 Å². The number of nitrogens with zero attached hydrogens (tertiary/aromatic N) is 3. The molecule has 3 rings (SSSR count). The van der Waals surface area contributed by atoms with Crippen molar-refractivity contribution in [2.75, 3.05) is 18.6 Å². The van der Waals surface area contributed by atoms with Crippen molar-refractivity contribution in [3.8, 4) is 17.0 Å². The first-order chi connectivity index (χ1) is 8.70. The van der Waals surface area contributed by atoms with Gasteiger partial charge in [-0.2, -0.15) is 5.10 Å². The molecule has 1 aromatic carbocycles. The lowest BCUT2D eigenvalue weighted by Gasteiger charge is -2.11. The van der Waals surface area contributed by atoms with Crippen molar-refractivity contribution in [3.05, 3.63) is 30.5 Å². The van der Waals surface area contributed by atoms with E-state index in [0.29, 0.717) is 6.54 Å². The molecule has 1 aliphatic heterocycles. The second kappa shape index (κ2) is 3.87. The van der Waals surface area contributed by atoms with Crippen LogP contribution >= 0.6 is 0 Å². The molecular formula is C13H13N3O2. The van der Waals surface area contributed by atoms with Crippen LogP contribution in [0.25, 0.3) is 11.3 Å². The zero-order valence-electron chi connectivity index (χ0n) is 10.3.